The monoisotopic (exact) mass is 234 g/mol. The Kier molecular flexibility index (Phi) is 7.15. The average Bonchev–Trinajstić information content (AvgIpc) is 2.10. The van der Waals surface area contributed by atoms with E-state index in [4.69, 9.17) is 10.8 Å². The first kappa shape index (κ1) is 14.2. The van der Waals surface area contributed by atoms with Gasteiger partial charge in [0.15, 0.2) is 0 Å². The van der Waals surface area contributed by atoms with Crippen molar-refractivity contribution in [3.05, 3.63) is 0 Å². The number of carboxylic acids is 1. The van der Waals surface area contributed by atoms with Crippen LogP contribution in [-0.2, 0) is 9.59 Å². The minimum atomic E-state index is -0.998. The molecule has 0 bridgehead atoms. The lowest BCUT2D eigenvalue weighted by atomic mass is 10.2. The zero-order valence-corrected chi connectivity index (χ0v) is 9.84. The molecule has 0 aliphatic rings. The molecule has 0 aliphatic heterocycles. The van der Waals surface area contributed by atoms with Crippen LogP contribution in [0.1, 0.15) is 20.3 Å². The molecular weight excluding hydrogens is 216 g/mol. The van der Waals surface area contributed by atoms with Gasteiger partial charge in [-0.2, -0.15) is 11.8 Å². The van der Waals surface area contributed by atoms with Crippen LogP contribution < -0.4 is 11.1 Å². The molecule has 0 saturated heterocycles. The van der Waals surface area contributed by atoms with Gasteiger partial charge in [0.2, 0.25) is 5.91 Å². The molecule has 5 nitrogen and oxygen atoms in total. The number of rotatable bonds is 7. The van der Waals surface area contributed by atoms with Gasteiger partial charge in [-0.1, -0.05) is 0 Å². The van der Waals surface area contributed by atoms with Crippen molar-refractivity contribution in [2.24, 2.45) is 5.73 Å². The number of carbonyl (C=O) groups excluding carboxylic acids is 1. The van der Waals surface area contributed by atoms with Crippen LogP contribution in [-0.4, -0.2) is 40.6 Å². The van der Waals surface area contributed by atoms with Crippen LogP contribution in [0.15, 0.2) is 0 Å². The zero-order valence-electron chi connectivity index (χ0n) is 9.03. The van der Waals surface area contributed by atoms with Gasteiger partial charge in [0, 0.05) is 6.04 Å². The smallest absolute Gasteiger partial charge is 0.320 e. The Morgan fingerprint density at radius 3 is 2.53 bits per heavy atom. The SMILES string of the molecule is CC(C)NC(=O)CSCCC(N)C(=O)O. The molecule has 1 amide bonds. The van der Waals surface area contributed by atoms with E-state index in [-0.39, 0.29) is 11.9 Å². The molecule has 1 unspecified atom stereocenters. The molecule has 0 radical (unpaired) electrons. The standard InChI is InChI=1S/C9H18N2O3S/c1-6(2)11-8(12)5-15-4-3-7(10)9(13)14/h6-7H,3-5,10H2,1-2H3,(H,11,12)(H,13,14). The first-order valence-corrected chi connectivity index (χ1v) is 5.94. The molecule has 0 aromatic rings. The lowest BCUT2D eigenvalue weighted by Crippen LogP contribution is -2.32. The second-order valence-corrected chi connectivity index (χ2v) is 4.61. The van der Waals surface area contributed by atoms with Crippen molar-refractivity contribution >= 4 is 23.6 Å². The number of carbonyl (C=O) groups is 2. The highest BCUT2D eigenvalue weighted by atomic mass is 32.2. The van der Waals surface area contributed by atoms with Crippen LogP contribution in [0.2, 0.25) is 0 Å². The fourth-order valence-corrected chi connectivity index (χ4v) is 1.70. The van der Waals surface area contributed by atoms with E-state index in [1.807, 2.05) is 13.8 Å². The molecule has 15 heavy (non-hydrogen) atoms. The Morgan fingerprint density at radius 2 is 2.07 bits per heavy atom. The Morgan fingerprint density at radius 1 is 1.47 bits per heavy atom. The maximum Gasteiger partial charge on any atom is 0.320 e. The van der Waals surface area contributed by atoms with Crippen LogP contribution in [0.25, 0.3) is 0 Å². The first-order valence-electron chi connectivity index (χ1n) is 4.79. The number of hydrogen-bond donors (Lipinski definition) is 3. The summed E-state index contributed by atoms with van der Waals surface area (Å²) in [5, 5.41) is 11.2. The zero-order chi connectivity index (χ0) is 11.8. The summed E-state index contributed by atoms with van der Waals surface area (Å²) in [5.41, 5.74) is 5.30. The quantitative estimate of drug-likeness (QED) is 0.541. The second-order valence-electron chi connectivity index (χ2n) is 3.51. The molecule has 0 spiro atoms. The highest BCUT2D eigenvalue weighted by molar-refractivity contribution is 7.99. The fourth-order valence-electron chi connectivity index (χ4n) is 0.862. The summed E-state index contributed by atoms with van der Waals surface area (Å²) in [4.78, 5) is 21.5. The third-order valence-corrected chi connectivity index (χ3v) is 2.56. The van der Waals surface area contributed by atoms with Crippen molar-refractivity contribution < 1.29 is 14.7 Å². The van der Waals surface area contributed by atoms with Crippen molar-refractivity contribution in [3.8, 4) is 0 Å². The number of aliphatic carboxylic acids is 1. The van der Waals surface area contributed by atoms with Crippen molar-refractivity contribution in [1.29, 1.82) is 0 Å². The molecule has 0 aromatic heterocycles. The summed E-state index contributed by atoms with van der Waals surface area (Å²) in [7, 11) is 0. The van der Waals surface area contributed by atoms with E-state index in [0.29, 0.717) is 17.9 Å². The van der Waals surface area contributed by atoms with Gasteiger partial charge in [-0.25, -0.2) is 0 Å². The van der Waals surface area contributed by atoms with Gasteiger partial charge in [-0.05, 0) is 26.0 Å². The minimum absolute atomic E-state index is 0.0288. The minimum Gasteiger partial charge on any atom is -0.480 e. The van der Waals surface area contributed by atoms with E-state index in [2.05, 4.69) is 5.32 Å². The van der Waals surface area contributed by atoms with Crippen molar-refractivity contribution in [3.63, 3.8) is 0 Å². The van der Waals surface area contributed by atoms with Gasteiger partial charge < -0.3 is 16.2 Å². The number of nitrogens with one attached hydrogen (secondary N) is 1. The molecule has 6 heteroatoms. The highest BCUT2D eigenvalue weighted by Crippen LogP contribution is 2.04. The number of amides is 1. The van der Waals surface area contributed by atoms with Crippen LogP contribution in [0.5, 0.6) is 0 Å². The second kappa shape index (κ2) is 7.53. The molecule has 0 fully saturated rings. The number of nitrogens with two attached hydrogens (primary N) is 1. The Balaban J connectivity index is 3.46. The summed E-state index contributed by atoms with van der Waals surface area (Å²) < 4.78 is 0. The van der Waals surface area contributed by atoms with Crippen molar-refractivity contribution in [2.75, 3.05) is 11.5 Å². The maximum atomic E-state index is 11.2. The summed E-state index contributed by atoms with van der Waals surface area (Å²) in [6.07, 6.45) is 0.384. The van der Waals surface area contributed by atoms with E-state index in [1.165, 1.54) is 11.8 Å². The summed E-state index contributed by atoms with van der Waals surface area (Å²) in [5.74, 6) is -0.0927. The number of carboxylic acid groups (broad SMARTS) is 1. The normalized spacial score (nSPS) is 12.5. The van der Waals surface area contributed by atoms with Crippen LogP contribution in [0.3, 0.4) is 0 Å². The van der Waals surface area contributed by atoms with E-state index in [0.717, 1.165) is 0 Å². The fraction of sp³-hybridized carbons (Fsp3) is 0.778. The predicted molar refractivity (Wildman–Crippen MR) is 60.8 cm³/mol. The number of hydrogen-bond acceptors (Lipinski definition) is 4. The van der Waals surface area contributed by atoms with Crippen LogP contribution in [0, 0.1) is 0 Å². The lowest BCUT2D eigenvalue weighted by molar-refractivity contribution is -0.138. The molecule has 4 N–H and O–H groups in total. The molecule has 0 heterocycles. The van der Waals surface area contributed by atoms with Gasteiger partial charge in [0.1, 0.15) is 6.04 Å². The summed E-state index contributed by atoms with van der Waals surface area (Å²) in [6.45, 7) is 3.78. The van der Waals surface area contributed by atoms with Crippen molar-refractivity contribution in [2.45, 2.75) is 32.4 Å². The molecule has 1 atom stereocenters. The first-order chi connectivity index (χ1) is 6.93. The lowest BCUT2D eigenvalue weighted by Gasteiger charge is -2.08. The van der Waals surface area contributed by atoms with Crippen molar-refractivity contribution in [1.82, 2.24) is 5.32 Å². The molecular formula is C9H18N2O3S. The predicted octanol–water partition coefficient (Wildman–Crippen LogP) is 0.0462. The van der Waals surface area contributed by atoms with Crippen LogP contribution in [0.4, 0.5) is 0 Å². The van der Waals surface area contributed by atoms with Crippen LogP contribution >= 0.6 is 11.8 Å². The molecule has 88 valence electrons. The van der Waals surface area contributed by atoms with Gasteiger partial charge in [-0.15, -0.1) is 0 Å². The third-order valence-electron chi connectivity index (χ3n) is 1.57. The Labute approximate surface area is 93.8 Å². The largest absolute Gasteiger partial charge is 0.480 e. The number of thioether (sulfide) groups is 1. The molecule has 0 rings (SSSR count). The highest BCUT2D eigenvalue weighted by Gasteiger charge is 2.11. The van der Waals surface area contributed by atoms with Gasteiger partial charge >= 0.3 is 5.97 Å². The maximum absolute atomic E-state index is 11.2. The van der Waals surface area contributed by atoms with Gasteiger partial charge in [-0.3, -0.25) is 9.59 Å². The molecule has 0 aliphatic carbocycles. The van der Waals surface area contributed by atoms with Gasteiger partial charge in [0.05, 0.1) is 5.75 Å². The summed E-state index contributed by atoms with van der Waals surface area (Å²) >= 11 is 1.39. The molecule has 0 aromatic carbocycles. The Hall–Kier alpha value is -0.750. The van der Waals surface area contributed by atoms with E-state index >= 15 is 0 Å². The van der Waals surface area contributed by atoms with E-state index < -0.39 is 12.0 Å². The molecule has 0 saturated carbocycles. The van der Waals surface area contributed by atoms with E-state index in [9.17, 15) is 9.59 Å². The Bertz CT molecular complexity index is 221. The van der Waals surface area contributed by atoms with Gasteiger partial charge in [0.25, 0.3) is 0 Å². The summed E-state index contributed by atoms with van der Waals surface area (Å²) in [6, 6.07) is -0.690. The third kappa shape index (κ3) is 8.26. The van der Waals surface area contributed by atoms with E-state index in [1.54, 1.807) is 0 Å². The topological polar surface area (TPSA) is 92.4 Å². The average molecular weight is 234 g/mol.